The second kappa shape index (κ2) is 5.61. The highest BCUT2D eigenvalue weighted by atomic mass is 32.2. The minimum absolute atomic E-state index is 0.131. The van der Waals surface area contributed by atoms with Crippen LogP contribution in [0.4, 0.5) is 5.69 Å². The van der Waals surface area contributed by atoms with E-state index in [2.05, 4.69) is 4.83 Å². The van der Waals surface area contributed by atoms with Gasteiger partial charge in [-0.15, -0.1) is 4.83 Å². The summed E-state index contributed by atoms with van der Waals surface area (Å²) in [5.41, 5.74) is -0.259. The van der Waals surface area contributed by atoms with Gasteiger partial charge in [-0.1, -0.05) is 6.07 Å². The van der Waals surface area contributed by atoms with Gasteiger partial charge in [0, 0.05) is 25.2 Å². The fourth-order valence-electron chi connectivity index (χ4n) is 1.64. The largest absolute Gasteiger partial charge is 0.379 e. The summed E-state index contributed by atoms with van der Waals surface area (Å²) >= 11 is 0. The highest BCUT2D eigenvalue weighted by molar-refractivity contribution is 7.89. The number of hydrogen-bond donors (Lipinski definition) is 1. The number of nitro groups is 1. The van der Waals surface area contributed by atoms with Crippen LogP contribution in [-0.2, 0) is 14.8 Å². The number of hydrazine groups is 1. The minimum atomic E-state index is -3.80. The van der Waals surface area contributed by atoms with E-state index in [1.54, 1.807) is 0 Å². The van der Waals surface area contributed by atoms with Crippen molar-refractivity contribution in [3.8, 4) is 0 Å². The molecule has 0 unspecified atom stereocenters. The molecule has 1 saturated heterocycles. The first-order valence-electron chi connectivity index (χ1n) is 5.59. The van der Waals surface area contributed by atoms with Crippen LogP contribution in [0.5, 0.6) is 0 Å². The molecule has 0 aliphatic carbocycles. The van der Waals surface area contributed by atoms with Gasteiger partial charge in [0.25, 0.3) is 15.7 Å². The van der Waals surface area contributed by atoms with Crippen LogP contribution in [0.3, 0.4) is 0 Å². The fourth-order valence-corrected chi connectivity index (χ4v) is 2.80. The van der Waals surface area contributed by atoms with Crippen LogP contribution in [0.2, 0.25) is 0 Å². The van der Waals surface area contributed by atoms with Crippen LogP contribution in [-0.4, -0.2) is 44.7 Å². The summed E-state index contributed by atoms with van der Waals surface area (Å²) in [6.07, 6.45) is 0. The third kappa shape index (κ3) is 3.47. The maximum absolute atomic E-state index is 12.1. The van der Waals surface area contributed by atoms with Crippen molar-refractivity contribution in [1.29, 1.82) is 0 Å². The molecule has 0 spiro atoms. The number of nitrogens with zero attached hydrogens (tertiary/aromatic N) is 2. The summed E-state index contributed by atoms with van der Waals surface area (Å²) in [6, 6.07) is 4.93. The quantitative estimate of drug-likeness (QED) is 0.623. The molecule has 1 aliphatic heterocycles. The van der Waals surface area contributed by atoms with Crippen molar-refractivity contribution in [2.24, 2.45) is 0 Å². The molecule has 0 radical (unpaired) electrons. The highest BCUT2D eigenvalue weighted by Gasteiger charge is 2.21. The second-order valence-electron chi connectivity index (χ2n) is 3.95. The first-order chi connectivity index (χ1) is 8.99. The lowest BCUT2D eigenvalue weighted by Gasteiger charge is -2.26. The molecule has 0 aromatic heterocycles. The maximum Gasteiger partial charge on any atom is 0.270 e. The van der Waals surface area contributed by atoms with Gasteiger partial charge in [-0.05, 0) is 6.07 Å². The Hall–Kier alpha value is -1.55. The number of morpholine rings is 1. The second-order valence-corrected chi connectivity index (χ2v) is 5.61. The SMILES string of the molecule is O=[N+]([O-])c1cccc(S(=O)(=O)NN2CCOCC2)c1. The smallest absolute Gasteiger partial charge is 0.270 e. The number of hydrogen-bond acceptors (Lipinski definition) is 6. The van der Waals surface area contributed by atoms with Crippen molar-refractivity contribution in [3.63, 3.8) is 0 Å². The predicted octanol–water partition coefficient (Wildman–Crippen LogP) is 0.120. The van der Waals surface area contributed by atoms with Gasteiger partial charge < -0.3 is 4.74 Å². The van der Waals surface area contributed by atoms with Crippen molar-refractivity contribution in [2.45, 2.75) is 4.90 Å². The lowest BCUT2D eigenvalue weighted by molar-refractivity contribution is -0.385. The first kappa shape index (κ1) is 13.9. The molecule has 0 atom stereocenters. The van der Waals surface area contributed by atoms with Crippen molar-refractivity contribution in [3.05, 3.63) is 34.4 Å². The van der Waals surface area contributed by atoms with E-state index in [1.165, 1.54) is 23.2 Å². The molecule has 0 amide bonds. The lowest BCUT2D eigenvalue weighted by atomic mass is 10.3. The minimum Gasteiger partial charge on any atom is -0.379 e. The van der Waals surface area contributed by atoms with E-state index in [0.29, 0.717) is 26.3 Å². The molecule has 0 saturated carbocycles. The summed E-state index contributed by atoms with van der Waals surface area (Å²) < 4.78 is 29.2. The van der Waals surface area contributed by atoms with Crippen molar-refractivity contribution in [1.82, 2.24) is 9.84 Å². The molecule has 104 valence electrons. The number of non-ortho nitro benzene ring substituents is 1. The zero-order chi connectivity index (χ0) is 13.9. The number of sulfonamides is 1. The van der Waals surface area contributed by atoms with Crippen molar-refractivity contribution < 1.29 is 18.1 Å². The molecule has 9 heteroatoms. The van der Waals surface area contributed by atoms with Crippen LogP contribution in [0.25, 0.3) is 0 Å². The van der Waals surface area contributed by atoms with Crippen molar-refractivity contribution >= 4 is 15.7 Å². The molecule has 1 aromatic carbocycles. The standard InChI is InChI=1S/C10H13N3O5S/c14-13(15)9-2-1-3-10(8-9)19(16,17)11-12-4-6-18-7-5-12/h1-3,8,11H,4-7H2. The third-order valence-corrected chi connectivity index (χ3v) is 3.97. The predicted molar refractivity (Wildman–Crippen MR) is 65.8 cm³/mol. The summed E-state index contributed by atoms with van der Waals surface area (Å²) in [5.74, 6) is 0. The van der Waals surface area contributed by atoms with Crippen LogP contribution in [0.1, 0.15) is 0 Å². The molecule has 1 N–H and O–H groups in total. The van der Waals surface area contributed by atoms with Gasteiger partial charge in [0.1, 0.15) is 0 Å². The Morgan fingerprint density at radius 3 is 2.63 bits per heavy atom. The van der Waals surface area contributed by atoms with E-state index in [1.807, 2.05) is 0 Å². The fraction of sp³-hybridized carbons (Fsp3) is 0.400. The van der Waals surface area contributed by atoms with Crippen LogP contribution < -0.4 is 4.83 Å². The van der Waals surface area contributed by atoms with Gasteiger partial charge in [0.05, 0.1) is 23.0 Å². The zero-order valence-electron chi connectivity index (χ0n) is 9.98. The van der Waals surface area contributed by atoms with Gasteiger partial charge in [0.15, 0.2) is 0 Å². The Labute approximate surface area is 110 Å². The summed E-state index contributed by atoms with van der Waals surface area (Å²) in [6.45, 7) is 1.76. The van der Waals surface area contributed by atoms with E-state index in [4.69, 9.17) is 4.74 Å². The average Bonchev–Trinajstić information content (AvgIpc) is 2.39. The van der Waals surface area contributed by atoms with E-state index < -0.39 is 14.9 Å². The monoisotopic (exact) mass is 287 g/mol. The Balaban J connectivity index is 2.18. The molecular formula is C10H13N3O5S. The van der Waals surface area contributed by atoms with Crippen LogP contribution in [0, 0.1) is 10.1 Å². The summed E-state index contributed by atoms with van der Waals surface area (Å²) in [5, 5.41) is 12.1. The lowest BCUT2D eigenvalue weighted by Crippen LogP contribution is -2.48. The van der Waals surface area contributed by atoms with Crippen molar-refractivity contribution in [2.75, 3.05) is 26.3 Å². The average molecular weight is 287 g/mol. The van der Waals surface area contributed by atoms with Crippen LogP contribution >= 0.6 is 0 Å². The number of rotatable bonds is 4. The normalized spacial score (nSPS) is 17.3. The van der Waals surface area contributed by atoms with Gasteiger partial charge >= 0.3 is 0 Å². The summed E-state index contributed by atoms with van der Waals surface area (Å²) in [7, 11) is -3.80. The maximum atomic E-state index is 12.1. The zero-order valence-corrected chi connectivity index (χ0v) is 10.8. The highest BCUT2D eigenvalue weighted by Crippen LogP contribution is 2.17. The number of benzene rings is 1. The topological polar surface area (TPSA) is 102 Å². The molecule has 1 aliphatic rings. The number of ether oxygens (including phenoxy) is 1. The van der Waals surface area contributed by atoms with E-state index >= 15 is 0 Å². The van der Waals surface area contributed by atoms with E-state index in [0.717, 1.165) is 6.07 Å². The number of nitrogens with one attached hydrogen (secondary N) is 1. The Bertz CT molecular complexity index is 568. The van der Waals surface area contributed by atoms with Gasteiger partial charge in [-0.2, -0.15) is 0 Å². The molecule has 1 fully saturated rings. The molecule has 19 heavy (non-hydrogen) atoms. The summed E-state index contributed by atoms with van der Waals surface area (Å²) in [4.78, 5) is 12.3. The molecule has 0 bridgehead atoms. The molecule has 2 rings (SSSR count). The Kier molecular flexibility index (Phi) is 4.10. The van der Waals surface area contributed by atoms with E-state index in [9.17, 15) is 18.5 Å². The molecular weight excluding hydrogens is 274 g/mol. The molecule has 1 heterocycles. The van der Waals surface area contributed by atoms with Gasteiger partial charge in [-0.3, -0.25) is 10.1 Å². The first-order valence-corrected chi connectivity index (χ1v) is 7.07. The van der Waals surface area contributed by atoms with Gasteiger partial charge in [0.2, 0.25) is 0 Å². The van der Waals surface area contributed by atoms with E-state index in [-0.39, 0.29) is 10.6 Å². The van der Waals surface area contributed by atoms with Crippen LogP contribution in [0.15, 0.2) is 29.2 Å². The number of nitro benzene ring substituents is 1. The Morgan fingerprint density at radius 2 is 2.00 bits per heavy atom. The third-order valence-electron chi connectivity index (χ3n) is 2.60. The Morgan fingerprint density at radius 1 is 1.32 bits per heavy atom. The molecule has 1 aromatic rings. The molecule has 8 nitrogen and oxygen atoms in total. The van der Waals surface area contributed by atoms with Gasteiger partial charge in [-0.25, -0.2) is 13.4 Å².